The monoisotopic (exact) mass is 1060 g/mol. The molecule has 0 saturated heterocycles. The topological polar surface area (TPSA) is 103 Å². The van der Waals surface area contributed by atoms with Gasteiger partial charge in [-0.1, -0.05) is 48.5 Å². The number of pyridine rings is 8. The van der Waals surface area contributed by atoms with Gasteiger partial charge in [0.25, 0.3) is 0 Å². The number of hydrogen-bond donors (Lipinski definition) is 0. The Hall–Kier alpha value is -4.05. The summed E-state index contributed by atoms with van der Waals surface area (Å²) in [6.45, 7) is 0. The molecule has 0 N–H and O–H groups in total. The average molecular weight is 1070 g/mol. The molecular weight excluding hydrogens is 1020 g/mol. The summed E-state index contributed by atoms with van der Waals surface area (Å²) in [5, 5.41) is 0. The molecule has 8 aromatic rings. The van der Waals surface area contributed by atoms with Crippen LogP contribution in [0.25, 0.3) is 0 Å². The van der Waals surface area contributed by atoms with Crippen molar-refractivity contribution >= 4 is 84.4 Å². The Morgan fingerprint density at radius 2 is 0.417 bits per heavy atom. The predicted octanol–water partition coefficient (Wildman–Crippen LogP) is 7.13. The first-order valence-electron chi connectivity index (χ1n) is 19.3. The second-order valence-corrected chi connectivity index (χ2v) is 21.7. The van der Waals surface area contributed by atoms with E-state index >= 15 is 0 Å². The maximum absolute atomic E-state index is 4.64. The van der Waals surface area contributed by atoms with E-state index in [0.717, 1.165) is 81.0 Å². The SMILES string of the molecule is [Cl][Au].c1ccc(P(CCCP(c2ccccn2)c2ccccn2)c2ccccn2)nc1.c1ccc(P(CCCP(c2ccccn2)c2ccccn2)c2ccccn2)nc1. The van der Waals surface area contributed by atoms with Crippen molar-refractivity contribution in [2.75, 3.05) is 24.6 Å². The maximum atomic E-state index is 4.64. The number of aromatic nitrogens is 8. The summed E-state index contributed by atoms with van der Waals surface area (Å²) in [4.78, 5) is 37.1. The molecule has 8 heterocycles. The maximum Gasteiger partial charge on any atom is 0.0692 e. The van der Waals surface area contributed by atoms with E-state index in [1.165, 1.54) is 0 Å². The molecular formula is C46H44AuClN8P4. The normalized spacial score (nSPS) is 10.8. The molecule has 0 aromatic carbocycles. The Bertz CT molecular complexity index is 1830. The molecule has 0 aliphatic rings. The van der Waals surface area contributed by atoms with E-state index in [0.29, 0.717) is 0 Å². The van der Waals surface area contributed by atoms with Crippen molar-refractivity contribution in [1.82, 2.24) is 39.9 Å². The summed E-state index contributed by atoms with van der Waals surface area (Å²) in [7, 11) is 2.30. The molecule has 0 aliphatic carbocycles. The number of hydrogen-bond acceptors (Lipinski definition) is 8. The van der Waals surface area contributed by atoms with Gasteiger partial charge in [-0.3, -0.25) is 39.9 Å². The van der Waals surface area contributed by atoms with Crippen LogP contribution < -0.4 is 43.5 Å². The smallest absolute Gasteiger partial charge is 0.0692 e. The minimum Gasteiger partial charge on any atom is -0.256 e. The molecule has 8 nitrogen and oxygen atoms in total. The van der Waals surface area contributed by atoms with Gasteiger partial charge in [-0.2, -0.15) is 0 Å². The molecule has 0 fully saturated rings. The van der Waals surface area contributed by atoms with Gasteiger partial charge in [0.05, 0.1) is 43.5 Å². The third kappa shape index (κ3) is 14.0. The summed E-state index contributed by atoms with van der Waals surface area (Å²) in [6.07, 6.45) is 21.4. The van der Waals surface area contributed by atoms with Gasteiger partial charge in [-0.15, -0.1) is 0 Å². The van der Waals surface area contributed by atoms with Gasteiger partial charge in [0.15, 0.2) is 0 Å². The molecule has 0 radical (unpaired) electrons. The summed E-state index contributed by atoms with van der Waals surface area (Å²) in [6, 6.07) is 49.3. The Balaban J connectivity index is 0.000000193. The van der Waals surface area contributed by atoms with Crippen molar-refractivity contribution in [3.8, 4) is 0 Å². The molecule has 306 valence electrons. The van der Waals surface area contributed by atoms with E-state index in [9.17, 15) is 0 Å². The minimum absolute atomic E-state index is 0.572. The van der Waals surface area contributed by atoms with E-state index in [-0.39, 0.29) is 0 Å². The zero-order chi connectivity index (χ0) is 41.5. The Labute approximate surface area is 374 Å². The van der Waals surface area contributed by atoms with E-state index < -0.39 is 31.7 Å². The van der Waals surface area contributed by atoms with Gasteiger partial charge in [-0.25, -0.2) is 0 Å². The van der Waals surface area contributed by atoms with Crippen molar-refractivity contribution in [3.05, 3.63) is 195 Å². The van der Waals surface area contributed by atoms with Gasteiger partial charge < -0.3 is 0 Å². The molecule has 0 unspecified atom stereocenters. The number of rotatable bonds is 16. The molecule has 14 heteroatoms. The van der Waals surface area contributed by atoms with Crippen molar-refractivity contribution in [2.24, 2.45) is 0 Å². The van der Waals surface area contributed by atoms with Crippen LogP contribution >= 0.6 is 40.9 Å². The van der Waals surface area contributed by atoms with E-state index in [1.54, 1.807) is 20.0 Å². The zero-order valence-electron chi connectivity index (χ0n) is 32.8. The molecule has 8 rings (SSSR count). The van der Waals surface area contributed by atoms with Crippen molar-refractivity contribution < 1.29 is 20.0 Å². The molecule has 0 amide bonds. The first kappa shape index (κ1) is 45.5. The van der Waals surface area contributed by atoms with Gasteiger partial charge in [-0.05, 0) is 166 Å². The van der Waals surface area contributed by atoms with Crippen molar-refractivity contribution in [2.45, 2.75) is 12.8 Å². The van der Waals surface area contributed by atoms with Crippen LogP contribution in [0.5, 0.6) is 0 Å². The first-order chi connectivity index (χ1) is 29.8. The van der Waals surface area contributed by atoms with Gasteiger partial charge in [0, 0.05) is 49.6 Å². The van der Waals surface area contributed by atoms with E-state index in [4.69, 9.17) is 0 Å². The first-order valence-corrected chi connectivity index (χ1v) is 28.1. The Kier molecular flexibility index (Phi) is 20.0. The fourth-order valence-corrected chi connectivity index (χ4v) is 15.2. The zero-order valence-corrected chi connectivity index (χ0v) is 39.3. The van der Waals surface area contributed by atoms with Crippen molar-refractivity contribution in [1.29, 1.82) is 0 Å². The van der Waals surface area contributed by atoms with Crippen LogP contribution in [0.3, 0.4) is 0 Å². The fraction of sp³-hybridized carbons (Fsp3) is 0.130. The fourth-order valence-electron chi connectivity index (χ4n) is 6.27. The predicted molar refractivity (Wildman–Crippen MR) is 253 cm³/mol. The Morgan fingerprint density at radius 3 is 0.533 bits per heavy atom. The van der Waals surface area contributed by atoms with Gasteiger partial charge in [0.2, 0.25) is 0 Å². The Morgan fingerprint density at radius 1 is 0.267 bits per heavy atom. The molecule has 0 bridgehead atoms. The summed E-state index contributed by atoms with van der Waals surface area (Å²) >= 11 is 1.75. The third-order valence-electron chi connectivity index (χ3n) is 8.93. The molecule has 0 spiro atoms. The number of nitrogens with zero attached hydrogens (tertiary/aromatic N) is 8. The van der Waals surface area contributed by atoms with Gasteiger partial charge >= 0.3 is 29.2 Å². The van der Waals surface area contributed by atoms with Crippen molar-refractivity contribution in [3.63, 3.8) is 0 Å². The quantitative estimate of drug-likeness (QED) is 0.0745. The van der Waals surface area contributed by atoms with Crippen LogP contribution in [0.15, 0.2) is 195 Å². The minimum atomic E-state index is -0.572. The van der Waals surface area contributed by atoms with Crippen LogP contribution in [-0.2, 0) is 20.0 Å². The standard InChI is InChI=1S/2C23H22N4P2.Au.ClH/c2*1-5-14-24-20(10-1)28(21-11-2-6-15-25-21)18-9-19-29(22-12-3-7-16-26-22)23-13-4-8-17-27-23;;/h2*1-8,10-17H,9,18-19H2;;1H/q;;+1;/p-1. The largest absolute Gasteiger partial charge is 0.256 e. The van der Waals surface area contributed by atoms with Crippen LogP contribution in [0.2, 0.25) is 0 Å². The third-order valence-corrected chi connectivity index (χ3v) is 18.5. The van der Waals surface area contributed by atoms with E-state index in [1.807, 2.05) is 98.1 Å². The molecule has 0 aliphatic heterocycles. The second kappa shape index (κ2) is 26.3. The number of halogens is 1. The van der Waals surface area contributed by atoms with E-state index in [2.05, 4.69) is 146 Å². The molecule has 0 atom stereocenters. The van der Waals surface area contributed by atoms with Gasteiger partial charge in [0.1, 0.15) is 0 Å². The summed E-state index contributed by atoms with van der Waals surface area (Å²) < 4.78 is 0. The molecule has 8 aromatic heterocycles. The summed E-state index contributed by atoms with van der Waals surface area (Å²) in [5.41, 5.74) is 9.12. The average Bonchev–Trinajstić information content (AvgIpc) is 3.35. The summed E-state index contributed by atoms with van der Waals surface area (Å²) in [5.74, 6) is 0. The molecule has 0 saturated carbocycles. The van der Waals surface area contributed by atoms with Crippen LogP contribution in [-0.4, -0.2) is 64.5 Å². The second-order valence-electron chi connectivity index (χ2n) is 12.8. The van der Waals surface area contributed by atoms with Crippen LogP contribution in [0, 0.1) is 0 Å². The van der Waals surface area contributed by atoms with Crippen LogP contribution in [0.1, 0.15) is 12.8 Å². The van der Waals surface area contributed by atoms with Crippen LogP contribution in [0.4, 0.5) is 0 Å². The molecule has 60 heavy (non-hydrogen) atoms.